The number of rotatable bonds is 6. The van der Waals surface area contributed by atoms with Crippen molar-refractivity contribution in [3.05, 3.63) is 29.8 Å². The molecule has 1 saturated carbocycles. The predicted octanol–water partition coefficient (Wildman–Crippen LogP) is 3.24. The van der Waals surface area contributed by atoms with Crippen molar-refractivity contribution in [1.82, 2.24) is 10.6 Å². The molecule has 5 heteroatoms. The van der Waals surface area contributed by atoms with Crippen LogP contribution in [0.25, 0.3) is 0 Å². The number of aliphatic hydroxyl groups is 1. The summed E-state index contributed by atoms with van der Waals surface area (Å²) in [5, 5.41) is 15.7. The van der Waals surface area contributed by atoms with Crippen molar-refractivity contribution in [3.63, 3.8) is 0 Å². The smallest absolute Gasteiger partial charge is 0.315 e. The summed E-state index contributed by atoms with van der Waals surface area (Å²) < 4.78 is 5.46. The molecular weight excluding hydrogens is 304 g/mol. The summed E-state index contributed by atoms with van der Waals surface area (Å²) in [6.07, 6.45) is 2.10. The van der Waals surface area contributed by atoms with E-state index < -0.39 is 5.54 Å². The topological polar surface area (TPSA) is 70.6 Å². The van der Waals surface area contributed by atoms with E-state index in [2.05, 4.69) is 31.4 Å². The molecule has 0 bridgehead atoms. The Kier molecular flexibility index (Phi) is 5.43. The first kappa shape index (κ1) is 18.6. The second-order valence-corrected chi connectivity index (χ2v) is 7.99. The molecule has 0 heterocycles. The zero-order chi connectivity index (χ0) is 18.0. The molecule has 1 fully saturated rings. The molecule has 0 saturated heterocycles. The Hall–Kier alpha value is -1.75. The van der Waals surface area contributed by atoms with Crippen molar-refractivity contribution in [2.24, 2.45) is 11.3 Å². The van der Waals surface area contributed by atoms with Gasteiger partial charge in [-0.25, -0.2) is 4.79 Å². The van der Waals surface area contributed by atoms with Crippen molar-refractivity contribution >= 4 is 6.03 Å². The maximum Gasteiger partial charge on any atom is 0.315 e. The van der Waals surface area contributed by atoms with Crippen LogP contribution in [0.1, 0.15) is 52.1 Å². The third-order valence-corrected chi connectivity index (χ3v) is 4.80. The highest BCUT2D eigenvalue weighted by atomic mass is 16.5. The van der Waals surface area contributed by atoms with Crippen molar-refractivity contribution in [2.45, 2.75) is 52.1 Å². The highest BCUT2D eigenvalue weighted by Gasteiger charge is 2.42. The first-order chi connectivity index (χ1) is 11.2. The highest BCUT2D eigenvalue weighted by molar-refractivity contribution is 5.75. The molecule has 2 atom stereocenters. The molecule has 1 aliphatic rings. The van der Waals surface area contributed by atoms with E-state index in [4.69, 9.17) is 4.74 Å². The van der Waals surface area contributed by atoms with E-state index in [-0.39, 0.29) is 24.1 Å². The van der Waals surface area contributed by atoms with E-state index in [1.165, 1.54) is 0 Å². The zero-order valence-corrected chi connectivity index (χ0v) is 15.3. The summed E-state index contributed by atoms with van der Waals surface area (Å²) >= 11 is 0. The standard InChI is InChI=1S/C19H30N2O3/c1-18(2,3)16(14-8-6-7-9-15(14)24-5)20-17(23)21-19(4,12-22)13-10-11-13/h6-9,13,16,22H,10-12H2,1-5H3,(H2,20,21,23). The quantitative estimate of drug-likeness (QED) is 0.748. The third-order valence-electron chi connectivity index (χ3n) is 4.80. The first-order valence-electron chi connectivity index (χ1n) is 8.53. The van der Waals surface area contributed by atoms with E-state index in [1.807, 2.05) is 31.2 Å². The van der Waals surface area contributed by atoms with Gasteiger partial charge in [-0.3, -0.25) is 0 Å². The molecule has 1 aromatic rings. The lowest BCUT2D eigenvalue weighted by atomic mass is 9.82. The first-order valence-corrected chi connectivity index (χ1v) is 8.53. The largest absolute Gasteiger partial charge is 0.496 e. The molecule has 2 rings (SSSR count). The van der Waals surface area contributed by atoms with Crippen LogP contribution in [0.5, 0.6) is 5.75 Å². The van der Waals surface area contributed by atoms with E-state index in [9.17, 15) is 9.90 Å². The second kappa shape index (κ2) is 7.01. The maximum atomic E-state index is 12.6. The summed E-state index contributed by atoms with van der Waals surface area (Å²) in [6, 6.07) is 7.26. The van der Waals surface area contributed by atoms with Crippen LogP contribution < -0.4 is 15.4 Å². The Balaban J connectivity index is 2.19. The lowest BCUT2D eigenvalue weighted by Gasteiger charge is -2.35. The molecule has 24 heavy (non-hydrogen) atoms. The lowest BCUT2D eigenvalue weighted by Crippen LogP contribution is -2.55. The normalized spacial score (nSPS) is 18.4. The number of hydrogen-bond acceptors (Lipinski definition) is 3. The van der Waals surface area contributed by atoms with Crippen LogP contribution in [-0.2, 0) is 0 Å². The lowest BCUT2D eigenvalue weighted by molar-refractivity contribution is 0.150. The van der Waals surface area contributed by atoms with Gasteiger partial charge in [0.15, 0.2) is 0 Å². The molecule has 3 N–H and O–H groups in total. The number of urea groups is 1. The average molecular weight is 334 g/mol. The number of benzene rings is 1. The minimum absolute atomic E-state index is 0.0556. The Bertz CT molecular complexity index is 578. The molecule has 0 aromatic heterocycles. The number of carbonyl (C=O) groups is 1. The Morgan fingerprint density at radius 3 is 2.42 bits per heavy atom. The van der Waals surface area contributed by atoms with Gasteiger partial charge < -0.3 is 20.5 Å². The number of carbonyl (C=O) groups excluding carboxylic acids is 1. The van der Waals surface area contributed by atoms with E-state index in [1.54, 1.807) is 7.11 Å². The van der Waals surface area contributed by atoms with Crippen LogP contribution in [0.3, 0.4) is 0 Å². The molecular formula is C19H30N2O3. The summed E-state index contributed by atoms with van der Waals surface area (Å²) in [7, 11) is 1.63. The molecule has 1 aromatic carbocycles. The maximum absolute atomic E-state index is 12.6. The van der Waals surface area contributed by atoms with Gasteiger partial charge in [0.25, 0.3) is 0 Å². The van der Waals surface area contributed by atoms with Crippen LogP contribution in [0.15, 0.2) is 24.3 Å². The highest BCUT2D eigenvalue weighted by Crippen LogP contribution is 2.40. The number of ether oxygens (including phenoxy) is 1. The van der Waals surface area contributed by atoms with Gasteiger partial charge in [0.2, 0.25) is 0 Å². The molecule has 0 aliphatic heterocycles. The fourth-order valence-corrected chi connectivity index (χ4v) is 3.08. The molecule has 2 amide bonds. The van der Waals surface area contributed by atoms with Crippen LogP contribution >= 0.6 is 0 Å². The minimum Gasteiger partial charge on any atom is -0.496 e. The van der Waals surface area contributed by atoms with E-state index in [0.29, 0.717) is 5.92 Å². The van der Waals surface area contributed by atoms with Gasteiger partial charge in [0, 0.05) is 5.56 Å². The SMILES string of the molecule is COc1ccccc1C(NC(=O)NC(C)(CO)C1CC1)C(C)(C)C. The van der Waals surface area contributed by atoms with E-state index >= 15 is 0 Å². The van der Waals surface area contributed by atoms with Gasteiger partial charge in [-0.1, -0.05) is 39.0 Å². The predicted molar refractivity (Wildman–Crippen MR) is 95.1 cm³/mol. The fourth-order valence-electron chi connectivity index (χ4n) is 3.08. The number of nitrogens with one attached hydrogen (secondary N) is 2. The second-order valence-electron chi connectivity index (χ2n) is 7.99. The third kappa shape index (κ3) is 4.20. The van der Waals surface area contributed by atoms with Crippen LogP contribution in [-0.4, -0.2) is 30.4 Å². The van der Waals surface area contributed by atoms with E-state index in [0.717, 1.165) is 24.2 Å². The van der Waals surface area contributed by atoms with Crippen LogP contribution in [0.4, 0.5) is 4.79 Å². The monoisotopic (exact) mass is 334 g/mol. The fraction of sp³-hybridized carbons (Fsp3) is 0.632. The molecule has 2 unspecified atom stereocenters. The minimum atomic E-state index is -0.562. The zero-order valence-electron chi connectivity index (χ0n) is 15.3. The molecule has 1 aliphatic carbocycles. The van der Waals surface area contributed by atoms with Crippen LogP contribution in [0, 0.1) is 11.3 Å². The van der Waals surface area contributed by atoms with Gasteiger partial charge in [-0.15, -0.1) is 0 Å². The van der Waals surface area contributed by atoms with Crippen LogP contribution in [0.2, 0.25) is 0 Å². The molecule has 0 radical (unpaired) electrons. The number of methoxy groups -OCH3 is 1. The number of para-hydroxylation sites is 1. The Morgan fingerprint density at radius 2 is 1.92 bits per heavy atom. The Labute approximate surface area is 144 Å². The molecule has 5 nitrogen and oxygen atoms in total. The summed E-state index contributed by atoms with van der Waals surface area (Å²) in [4.78, 5) is 12.6. The van der Waals surface area contributed by atoms with Gasteiger partial charge in [0.1, 0.15) is 5.75 Å². The van der Waals surface area contributed by atoms with Gasteiger partial charge in [-0.2, -0.15) is 0 Å². The number of hydrogen-bond donors (Lipinski definition) is 3. The van der Waals surface area contributed by atoms with Crippen molar-refractivity contribution in [2.75, 3.05) is 13.7 Å². The number of aliphatic hydroxyl groups excluding tert-OH is 1. The van der Waals surface area contributed by atoms with Crippen molar-refractivity contribution in [1.29, 1.82) is 0 Å². The van der Waals surface area contributed by atoms with Gasteiger partial charge in [-0.05, 0) is 37.2 Å². The average Bonchev–Trinajstić information content (AvgIpc) is 3.36. The molecule has 0 spiro atoms. The van der Waals surface area contributed by atoms with Crippen molar-refractivity contribution in [3.8, 4) is 5.75 Å². The number of amides is 2. The summed E-state index contributed by atoms with van der Waals surface area (Å²) in [5.41, 5.74) is 0.189. The Morgan fingerprint density at radius 1 is 1.29 bits per heavy atom. The summed E-state index contributed by atoms with van der Waals surface area (Å²) in [5.74, 6) is 1.11. The van der Waals surface area contributed by atoms with Gasteiger partial charge in [0.05, 0.1) is 25.3 Å². The van der Waals surface area contributed by atoms with Crippen molar-refractivity contribution < 1.29 is 14.6 Å². The summed E-state index contributed by atoms with van der Waals surface area (Å²) in [6.45, 7) is 8.09. The van der Waals surface area contributed by atoms with Gasteiger partial charge >= 0.3 is 6.03 Å². The molecule has 134 valence electrons.